The SMILES string of the molecule is OB(O)O.[Ce].[LiH]. The minimum atomic E-state index is -2.17. The van der Waals surface area contributed by atoms with Gasteiger partial charge in [-0.25, -0.2) is 0 Å². The van der Waals surface area contributed by atoms with Gasteiger partial charge < -0.3 is 15.1 Å². The summed E-state index contributed by atoms with van der Waals surface area (Å²) in [5.41, 5.74) is 0. The zero-order valence-electron chi connectivity index (χ0n) is 2.42. The summed E-state index contributed by atoms with van der Waals surface area (Å²) in [7, 11) is -2.17. The Balaban J connectivity index is -0.0000000450. The fourth-order valence-corrected chi connectivity index (χ4v) is 0. The average molecular weight is 210 g/mol. The van der Waals surface area contributed by atoms with Gasteiger partial charge in [0.25, 0.3) is 0 Å². The second-order valence-corrected chi connectivity index (χ2v) is 0.346. The monoisotopic (exact) mass is 210 g/mol. The molecule has 0 atom stereocenters. The van der Waals surface area contributed by atoms with Gasteiger partial charge in [0.2, 0.25) is 0 Å². The van der Waals surface area contributed by atoms with Gasteiger partial charge in [-0.1, -0.05) is 0 Å². The predicted octanol–water partition coefficient (Wildman–Crippen LogP) is -2.70. The van der Waals surface area contributed by atoms with Crippen molar-refractivity contribution in [2.75, 3.05) is 0 Å². The van der Waals surface area contributed by atoms with Crippen molar-refractivity contribution < 1.29 is 56.8 Å². The zero-order chi connectivity index (χ0) is 3.58. The van der Waals surface area contributed by atoms with Crippen molar-refractivity contribution in [1.29, 1.82) is 0 Å². The Morgan fingerprint density at radius 3 is 1.00 bits per heavy atom. The van der Waals surface area contributed by atoms with E-state index in [1.807, 2.05) is 0 Å². The first-order valence-electron chi connectivity index (χ1n) is 0.775. The van der Waals surface area contributed by atoms with Crippen molar-refractivity contribution in [2.24, 2.45) is 0 Å². The van der Waals surface area contributed by atoms with Crippen molar-refractivity contribution in [3.8, 4) is 0 Å². The van der Waals surface area contributed by atoms with Gasteiger partial charge in [0.15, 0.2) is 0 Å². The molecule has 0 aliphatic rings. The van der Waals surface area contributed by atoms with Gasteiger partial charge in [-0.3, -0.25) is 0 Å². The zero-order valence-corrected chi connectivity index (χ0v) is 5.56. The Hall–Kier alpha value is 1.92. The first-order valence-corrected chi connectivity index (χ1v) is 0.775. The van der Waals surface area contributed by atoms with Crippen molar-refractivity contribution in [2.45, 2.75) is 0 Å². The maximum absolute atomic E-state index is 7.17. The van der Waals surface area contributed by atoms with Crippen LogP contribution in [0, 0.1) is 41.7 Å². The predicted molar refractivity (Wildman–Crippen MR) is 19.6 cm³/mol. The first-order chi connectivity index (χ1) is 1.73. The van der Waals surface area contributed by atoms with E-state index in [1.54, 1.807) is 0 Å². The Morgan fingerprint density at radius 1 is 1.00 bits per heavy atom. The molecule has 0 rings (SSSR count). The Kier molecular flexibility index (Phi) is 26.2. The maximum atomic E-state index is 7.17. The topological polar surface area (TPSA) is 60.7 Å². The van der Waals surface area contributed by atoms with Gasteiger partial charge in [-0.15, -0.1) is 0 Å². The molecule has 0 bridgehead atoms. The third-order valence-corrected chi connectivity index (χ3v) is 0. The summed E-state index contributed by atoms with van der Waals surface area (Å²) in [6.07, 6.45) is 0. The van der Waals surface area contributed by atoms with E-state index in [2.05, 4.69) is 0 Å². The van der Waals surface area contributed by atoms with E-state index in [9.17, 15) is 0 Å². The standard InChI is InChI=1S/BH3O3.Ce.Li.H/c2-1(3)4;;;/h2-4H;;;. The van der Waals surface area contributed by atoms with Gasteiger partial charge in [-0.2, -0.15) is 0 Å². The van der Waals surface area contributed by atoms with Crippen LogP contribution in [0.3, 0.4) is 0 Å². The fourth-order valence-electron chi connectivity index (χ4n) is 0. The molecule has 0 aromatic rings. The van der Waals surface area contributed by atoms with E-state index in [0.717, 1.165) is 0 Å². The molecule has 0 aromatic carbocycles. The fraction of sp³-hybridized carbons (Fsp3) is 0. The molecular formula is H4BCeLiO3. The molecule has 6 heteroatoms. The number of hydrogen-bond acceptors (Lipinski definition) is 3. The van der Waals surface area contributed by atoms with Crippen molar-refractivity contribution in [3.05, 3.63) is 0 Å². The Labute approximate surface area is 81.9 Å². The van der Waals surface area contributed by atoms with Gasteiger partial charge in [0.1, 0.15) is 0 Å². The van der Waals surface area contributed by atoms with Crippen molar-refractivity contribution in [3.63, 3.8) is 0 Å². The average Bonchev–Trinajstić information content (AvgIpc) is 0.811. The van der Waals surface area contributed by atoms with Crippen LogP contribution in [0.4, 0.5) is 0 Å². The second-order valence-electron chi connectivity index (χ2n) is 0.346. The van der Waals surface area contributed by atoms with Gasteiger partial charge >= 0.3 is 26.2 Å². The van der Waals surface area contributed by atoms with Crippen LogP contribution >= 0.6 is 0 Å². The summed E-state index contributed by atoms with van der Waals surface area (Å²) in [5, 5.41) is 21.5. The summed E-state index contributed by atoms with van der Waals surface area (Å²) in [4.78, 5) is 0. The van der Waals surface area contributed by atoms with Crippen molar-refractivity contribution >= 4 is 26.2 Å². The number of hydrogen-bond donors (Lipinski definition) is 3. The molecular weight excluding hydrogens is 206 g/mol. The molecule has 3 N–H and O–H groups in total. The Morgan fingerprint density at radius 2 is 1.00 bits per heavy atom. The Bertz CT molecular complexity index is 15.5. The van der Waals surface area contributed by atoms with Crippen LogP contribution in [-0.4, -0.2) is 41.3 Å². The number of rotatable bonds is 0. The van der Waals surface area contributed by atoms with Crippen LogP contribution in [0.25, 0.3) is 0 Å². The molecule has 0 radical (unpaired) electrons. The normalized spacial score (nSPS) is 4.50. The molecule has 0 unspecified atom stereocenters. The summed E-state index contributed by atoms with van der Waals surface area (Å²) in [6, 6.07) is 0. The minimum absolute atomic E-state index is 0. The second kappa shape index (κ2) is 10.0. The molecule has 0 aliphatic heterocycles. The van der Waals surface area contributed by atoms with Gasteiger partial charge in [0.05, 0.1) is 0 Å². The van der Waals surface area contributed by atoms with E-state index in [1.165, 1.54) is 0 Å². The van der Waals surface area contributed by atoms with E-state index in [-0.39, 0.29) is 60.6 Å². The first kappa shape index (κ1) is 15.7. The molecule has 0 saturated carbocycles. The van der Waals surface area contributed by atoms with E-state index in [0.29, 0.717) is 0 Å². The van der Waals surface area contributed by atoms with Crippen LogP contribution < -0.4 is 0 Å². The molecule has 0 saturated heterocycles. The summed E-state index contributed by atoms with van der Waals surface area (Å²) < 4.78 is 0. The van der Waals surface area contributed by atoms with Crippen LogP contribution in [0.1, 0.15) is 0 Å². The third-order valence-electron chi connectivity index (χ3n) is 0. The molecule has 3 nitrogen and oxygen atoms in total. The van der Waals surface area contributed by atoms with E-state index < -0.39 is 7.32 Å². The molecule has 6 heavy (non-hydrogen) atoms. The summed E-state index contributed by atoms with van der Waals surface area (Å²) in [6.45, 7) is 0. The van der Waals surface area contributed by atoms with Crippen LogP contribution in [0.5, 0.6) is 0 Å². The molecule has 0 amide bonds. The quantitative estimate of drug-likeness (QED) is 0.381. The molecule has 0 fully saturated rings. The third kappa shape index (κ3) is 38.9. The van der Waals surface area contributed by atoms with Crippen LogP contribution in [0.2, 0.25) is 0 Å². The molecule has 0 heterocycles. The van der Waals surface area contributed by atoms with Crippen molar-refractivity contribution in [1.82, 2.24) is 0 Å². The molecule has 0 spiro atoms. The van der Waals surface area contributed by atoms with Crippen LogP contribution in [-0.2, 0) is 0 Å². The summed E-state index contributed by atoms with van der Waals surface area (Å²) in [5.74, 6) is 0. The van der Waals surface area contributed by atoms with Gasteiger partial charge in [0, 0.05) is 41.7 Å². The van der Waals surface area contributed by atoms with Crippen LogP contribution in [0.15, 0.2) is 0 Å². The van der Waals surface area contributed by atoms with E-state index in [4.69, 9.17) is 15.1 Å². The molecule has 0 aliphatic carbocycles. The summed E-state index contributed by atoms with van der Waals surface area (Å²) >= 11 is 0. The molecule has 30 valence electrons. The van der Waals surface area contributed by atoms with Gasteiger partial charge in [-0.05, 0) is 0 Å². The van der Waals surface area contributed by atoms with E-state index >= 15 is 0 Å². The molecule has 0 aromatic heterocycles.